The van der Waals surface area contributed by atoms with Crippen molar-refractivity contribution in [3.8, 4) is 5.75 Å². The van der Waals surface area contributed by atoms with Crippen LogP contribution in [-0.4, -0.2) is 67.1 Å². The van der Waals surface area contributed by atoms with Crippen molar-refractivity contribution in [2.45, 2.75) is 12.5 Å². The largest absolute Gasteiger partial charge is 0.506 e. The van der Waals surface area contributed by atoms with Gasteiger partial charge in [-0.15, -0.1) is 0 Å². The number of hydrogen-bond donors (Lipinski definition) is 1. The third-order valence-electron chi connectivity index (χ3n) is 3.42. The van der Waals surface area contributed by atoms with Crippen LogP contribution in [0.15, 0.2) is 18.5 Å². The number of carbonyl (C=O) groups excluding carboxylic acids is 1. The predicted octanol–water partition coefficient (Wildman–Crippen LogP) is 0.0629. The molecule has 1 aromatic heterocycles. The van der Waals surface area contributed by atoms with E-state index in [4.69, 9.17) is 4.74 Å². The molecule has 1 unspecified atom stereocenters. The standard InChI is InChI=1S/C13H18N2O5S/c1-20-4-3-15(11-2-5-21(18,19)9-11)13(17)10-6-12(16)8-14-7-10/h6-8,11,16H,2-5,9H2,1H3. The van der Waals surface area contributed by atoms with Gasteiger partial charge in [-0.1, -0.05) is 0 Å². The highest BCUT2D eigenvalue weighted by Crippen LogP contribution is 2.20. The molecule has 0 saturated carbocycles. The molecule has 1 atom stereocenters. The lowest BCUT2D eigenvalue weighted by atomic mass is 10.1. The maximum absolute atomic E-state index is 12.5. The second kappa shape index (κ2) is 6.40. The Balaban J connectivity index is 2.21. The zero-order chi connectivity index (χ0) is 15.5. The Morgan fingerprint density at radius 1 is 1.52 bits per heavy atom. The van der Waals surface area contributed by atoms with Crippen molar-refractivity contribution >= 4 is 15.7 Å². The number of aromatic hydroxyl groups is 1. The minimum atomic E-state index is -3.09. The number of rotatable bonds is 5. The smallest absolute Gasteiger partial charge is 0.255 e. The minimum absolute atomic E-state index is 0.0330. The summed E-state index contributed by atoms with van der Waals surface area (Å²) in [5.41, 5.74) is 0.232. The van der Waals surface area contributed by atoms with Gasteiger partial charge in [0.05, 0.1) is 29.9 Å². The molecule has 1 saturated heterocycles. The fraction of sp³-hybridized carbons (Fsp3) is 0.538. The SMILES string of the molecule is COCCN(C(=O)c1cncc(O)c1)C1CCS(=O)(=O)C1. The van der Waals surface area contributed by atoms with Crippen LogP contribution in [0.4, 0.5) is 0 Å². The number of amides is 1. The van der Waals surface area contributed by atoms with Crippen LogP contribution < -0.4 is 0 Å². The van der Waals surface area contributed by atoms with Gasteiger partial charge >= 0.3 is 0 Å². The Bertz CT molecular complexity index is 617. The Morgan fingerprint density at radius 2 is 2.29 bits per heavy atom. The van der Waals surface area contributed by atoms with Crippen molar-refractivity contribution in [2.75, 3.05) is 31.8 Å². The van der Waals surface area contributed by atoms with Crippen LogP contribution in [0.1, 0.15) is 16.8 Å². The highest BCUT2D eigenvalue weighted by Gasteiger charge is 2.34. The molecule has 2 heterocycles. The fourth-order valence-corrected chi connectivity index (χ4v) is 4.10. The number of methoxy groups -OCH3 is 1. The quantitative estimate of drug-likeness (QED) is 0.825. The molecule has 2 rings (SSSR count). The predicted molar refractivity (Wildman–Crippen MR) is 75.9 cm³/mol. The van der Waals surface area contributed by atoms with Gasteiger partial charge in [-0.3, -0.25) is 9.78 Å². The first-order valence-corrected chi connectivity index (χ1v) is 8.39. The maximum Gasteiger partial charge on any atom is 0.255 e. The van der Waals surface area contributed by atoms with Crippen LogP contribution in [0.25, 0.3) is 0 Å². The number of aromatic nitrogens is 1. The summed E-state index contributed by atoms with van der Waals surface area (Å²) >= 11 is 0. The van der Waals surface area contributed by atoms with E-state index in [0.717, 1.165) is 0 Å². The molecule has 21 heavy (non-hydrogen) atoms. The summed E-state index contributed by atoms with van der Waals surface area (Å²) in [6.07, 6.45) is 3.01. The van der Waals surface area contributed by atoms with E-state index < -0.39 is 9.84 Å². The molecule has 0 spiro atoms. The second-order valence-electron chi connectivity index (χ2n) is 4.98. The van der Waals surface area contributed by atoms with Crippen molar-refractivity contribution < 1.29 is 23.1 Å². The van der Waals surface area contributed by atoms with Crippen LogP contribution in [-0.2, 0) is 14.6 Å². The molecule has 0 bridgehead atoms. The van der Waals surface area contributed by atoms with E-state index in [2.05, 4.69) is 4.98 Å². The number of sulfone groups is 1. The van der Waals surface area contributed by atoms with Gasteiger partial charge in [-0.2, -0.15) is 0 Å². The van der Waals surface area contributed by atoms with Crippen LogP contribution in [0.3, 0.4) is 0 Å². The molecule has 1 aromatic rings. The topological polar surface area (TPSA) is 96.8 Å². The molecule has 1 aliphatic rings. The lowest BCUT2D eigenvalue weighted by Gasteiger charge is -2.28. The van der Waals surface area contributed by atoms with Gasteiger partial charge in [0.25, 0.3) is 5.91 Å². The van der Waals surface area contributed by atoms with E-state index in [1.165, 1.54) is 30.5 Å². The summed E-state index contributed by atoms with van der Waals surface area (Å²) in [6.45, 7) is 0.611. The van der Waals surface area contributed by atoms with E-state index in [1.807, 2.05) is 0 Å². The summed E-state index contributed by atoms with van der Waals surface area (Å²) in [6, 6.07) is 0.957. The highest BCUT2D eigenvalue weighted by atomic mass is 32.2. The molecule has 1 fully saturated rings. The zero-order valence-corrected chi connectivity index (χ0v) is 12.5. The molecule has 116 valence electrons. The third kappa shape index (κ3) is 3.92. The summed E-state index contributed by atoms with van der Waals surface area (Å²) in [5.74, 6) is -0.398. The van der Waals surface area contributed by atoms with Gasteiger partial charge in [0.15, 0.2) is 9.84 Å². The molecule has 1 N–H and O–H groups in total. The van der Waals surface area contributed by atoms with Crippen molar-refractivity contribution in [1.82, 2.24) is 9.88 Å². The van der Waals surface area contributed by atoms with Crippen molar-refractivity contribution in [1.29, 1.82) is 0 Å². The molecule has 0 aliphatic carbocycles. The molecule has 8 heteroatoms. The third-order valence-corrected chi connectivity index (χ3v) is 5.17. The lowest BCUT2D eigenvalue weighted by Crippen LogP contribution is -2.43. The Hall–Kier alpha value is -1.67. The van der Waals surface area contributed by atoms with Crippen LogP contribution in [0.2, 0.25) is 0 Å². The highest BCUT2D eigenvalue weighted by molar-refractivity contribution is 7.91. The molecule has 7 nitrogen and oxygen atoms in total. The Morgan fingerprint density at radius 3 is 2.86 bits per heavy atom. The van der Waals surface area contributed by atoms with Gasteiger partial charge in [0.1, 0.15) is 5.75 Å². The first kappa shape index (κ1) is 15.7. The average Bonchev–Trinajstić information content (AvgIpc) is 2.79. The van der Waals surface area contributed by atoms with Crippen LogP contribution in [0, 0.1) is 0 Å². The summed E-state index contributed by atoms with van der Waals surface area (Å²) in [5, 5.41) is 9.41. The van der Waals surface area contributed by atoms with Gasteiger partial charge in [-0.05, 0) is 12.5 Å². The van der Waals surface area contributed by atoms with Crippen molar-refractivity contribution in [3.05, 3.63) is 24.0 Å². The number of ether oxygens (including phenoxy) is 1. The van der Waals surface area contributed by atoms with E-state index in [0.29, 0.717) is 19.6 Å². The monoisotopic (exact) mass is 314 g/mol. The Labute approximate surface area is 123 Å². The molecule has 1 amide bonds. The Kier molecular flexibility index (Phi) is 4.79. The van der Waals surface area contributed by atoms with E-state index >= 15 is 0 Å². The van der Waals surface area contributed by atoms with Gasteiger partial charge in [0, 0.05) is 25.9 Å². The number of carbonyl (C=O) groups is 1. The summed E-state index contributed by atoms with van der Waals surface area (Å²) < 4.78 is 28.2. The van der Waals surface area contributed by atoms with E-state index in [1.54, 1.807) is 0 Å². The first-order valence-electron chi connectivity index (χ1n) is 6.57. The van der Waals surface area contributed by atoms with E-state index in [-0.39, 0.29) is 34.8 Å². The fourth-order valence-electron chi connectivity index (χ4n) is 2.37. The average molecular weight is 314 g/mol. The second-order valence-corrected chi connectivity index (χ2v) is 7.21. The maximum atomic E-state index is 12.5. The van der Waals surface area contributed by atoms with Gasteiger partial charge in [-0.25, -0.2) is 8.42 Å². The number of pyridine rings is 1. The molecule has 0 radical (unpaired) electrons. The summed E-state index contributed by atoms with van der Waals surface area (Å²) in [4.78, 5) is 17.8. The molecular formula is C13H18N2O5S. The van der Waals surface area contributed by atoms with Crippen molar-refractivity contribution in [3.63, 3.8) is 0 Å². The first-order chi connectivity index (χ1) is 9.93. The van der Waals surface area contributed by atoms with E-state index in [9.17, 15) is 18.3 Å². The van der Waals surface area contributed by atoms with Crippen molar-refractivity contribution in [2.24, 2.45) is 0 Å². The van der Waals surface area contributed by atoms with Crippen LogP contribution in [0.5, 0.6) is 5.75 Å². The summed E-state index contributed by atoms with van der Waals surface area (Å²) in [7, 11) is -1.57. The number of hydrogen-bond acceptors (Lipinski definition) is 6. The number of nitrogens with zero attached hydrogens (tertiary/aromatic N) is 2. The normalized spacial score (nSPS) is 20.3. The lowest BCUT2D eigenvalue weighted by molar-refractivity contribution is 0.0623. The minimum Gasteiger partial charge on any atom is -0.506 e. The van der Waals surface area contributed by atoms with Gasteiger partial charge < -0.3 is 14.7 Å². The zero-order valence-electron chi connectivity index (χ0n) is 11.7. The molecule has 1 aliphatic heterocycles. The van der Waals surface area contributed by atoms with Crippen LogP contribution >= 0.6 is 0 Å². The molecular weight excluding hydrogens is 296 g/mol. The van der Waals surface area contributed by atoms with Gasteiger partial charge in [0.2, 0.25) is 0 Å². The molecule has 0 aromatic carbocycles.